The van der Waals surface area contributed by atoms with Crippen LogP contribution in [0, 0.1) is 26.2 Å². The Balaban J connectivity index is 1.40. The molecule has 0 aliphatic carbocycles. The first-order valence-electron chi connectivity index (χ1n) is 8.82. The van der Waals surface area contributed by atoms with Gasteiger partial charge in [-0.3, -0.25) is 9.69 Å². The Morgan fingerprint density at radius 2 is 2.12 bits per heavy atom. The molecule has 0 bridgehead atoms. The van der Waals surface area contributed by atoms with E-state index in [1.54, 1.807) is 11.3 Å². The molecule has 2 saturated heterocycles. The van der Waals surface area contributed by atoms with Gasteiger partial charge in [0.15, 0.2) is 0 Å². The van der Waals surface area contributed by atoms with Gasteiger partial charge in [-0.05, 0) is 40.2 Å². The molecule has 25 heavy (non-hydrogen) atoms. The van der Waals surface area contributed by atoms with E-state index in [4.69, 9.17) is 4.52 Å². The van der Waals surface area contributed by atoms with Crippen molar-refractivity contribution in [2.45, 2.75) is 46.7 Å². The number of aromatic nitrogens is 2. The molecule has 1 spiro atoms. The van der Waals surface area contributed by atoms with Crippen LogP contribution in [0.15, 0.2) is 10.7 Å². The second kappa shape index (κ2) is 6.21. The summed E-state index contributed by atoms with van der Waals surface area (Å²) >= 11 is 1.75. The lowest BCUT2D eigenvalue weighted by Crippen LogP contribution is -2.66. The monoisotopic (exact) mass is 360 g/mol. The van der Waals surface area contributed by atoms with Crippen LogP contribution in [-0.2, 0) is 17.9 Å². The zero-order valence-corrected chi connectivity index (χ0v) is 15.9. The zero-order valence-electron chi connectivity index (χ0n) is 15.0. The van der Waals surface area contributed by atoms with Crippen molar-refractivity contribution in [1.29, 1.82) is 0 Å². The molecule has 0 unspecified atom stereocenters. The molecule has 0 saturated carbocycles. The van der Waals surface area contributed by atoms with Crippen molar-refractivity contribution in [2.75, 3.05) is 19.6 Å². The Labute approximate surface area is 151 Å². The van der Waals surface area contributed by atoms with E-state index in [0.29, 0.717) is 6.54 Å². The number of aryl methyl sites for hydroxylation is 3. The third kappa shape index (κ3) is 3.00. The summed E-state index contributed by atoms with van der Waals surface area (Å²) in [6.45, 7) is 10.2. The molecular formula is C18H24N4O2S. The molecule has 2 aromatic heterocycles. The molecule has 6 nitrogen and oxygen atoms in total. The molecular weight excluding hydrogens is 336 g/mol. The fraction of sp³-hybridized carbons (Fsp3) is 0.611. The van der Waals surface area contributed by atoms with E-state index >= 15 is 0 Å². The molecule has 1 amide bonds. The lowest BCUT2D eigenvalue weighted by atomic mass is 9.72. The average Bonchev–Trinajstić information content (AvgIpc) is 3.14. The van der Waals surface area contributed by atoms with Gasteiger partial charge in [-0.25, -0.2) is 4.98 Å². The maximum absolute atomic E-state index is 12.9. The highest BCUT2D eigenvalue weighted by molar-refractivity contribution is 7.11. The highest BCUT2D eigenvalue weighted by Crippen LogP contribution is 2.41. The summed E-state index contributed by atoms with van der Waals surface area (Å²) in [5.41, 5.74) is 1.75. The maximum Gasteiger partial charge on any atom is 0.232 e. The molecule has 0 N–H and O–H groups in total. The fourth-order valence-corrected chi connectivity index (χ4v) is 5.00. The molecule has 4 heterocycles. The number of hydrogen-bond acceptors (Lipinski definition) is 6. The van der Waals surface area contributed by atoms with Gasteiger partial charge in [0.25, 0.3) is 0 Å². The fourth-order valence-electron chi connectivity index (χ4n) is 4.16. The molecule has 1 atom stereocenters. The number of amides is 1. The standard InChI is InChI=1S/C18H24N4O2S/c1-12-16(13(2)24-20-12)9-22-11-18(17(22)23)5-4-6-21(10-18)8-15-7-19-14(3)25-15/h7H,4-6,8-11H2,1-3H3/t18-/m1/s1. The molecule has 2 aliphatic rings. The van der Waals surface area contributed by atoms with E-state index in [-0.39, 0.29) is 11.3 Å². The summed E-state index contributed by atoms with van der Waals surface area (Å²) in [6.07, 6.45) is 4.05. The van der Waals surface area contributed by atoms with Gasteiger partial charge in [-0.15, -0.1) is 11.3 Å². The Kier molecular flexibility index (Phi) is 4.16. The Bertz CT molecular complexity index is 779. The van der Waals surface area contributed by atoms with Crippen molar-refractivity contribution in [3.63, 3.8) is 0 Å². The summed E-state index contributed by atoms with van der Waals surface area (Å²) < 4.78 is 5.22. The quantitative estimate of drug-likeness (QED) is 0.785. The van der Waals surface area contributed by atoms with E-state index in [9.17, 15) is 4.79 Å². The van der Waals surface area contributed by atoms with Crippen molar-refractivity contribution in [3.05, 3.63) is 33.1 Å². The van der Waals surface area contributed by atoms with Gasteiger partial charge in [-0.1, -0.05) is 5.16 Å². The Morgan fingerprint density at radius 1 is 1.28 bits per heavy atom. The van der Waals surface area contributed by atoms with Crippen molar-refractivity contribution < 1.29 is 9.32 Å². The molecule has 134 valence electrons. The van der Waals surface area contributed by atoms with Gasteiger partial charge in [-0.2, -0.15) is 0 Å². The van der Waals surface area contributed by atoms with Crippen LogP contribution in [0.1, 0.15) is 39.7 Å². The molecule has 2 aliphatic heterocycles. The van der Waals surface area contributed by atoms with Crippen molar-refractivity contribution in [2.24, 2.45) is 5.41 Å². The summed E-state index contributed by atoms with van der Waals surface area (Å²) in [7, 11) is 0. The van der Waals surface area contributed by atoms with Gasteiger partial charge >= 0.3 is 0 Å². The molecule has 2 aromatic rings. The minimum atomic E-state index is -0.184. The second-order valence-electron chi connectivity index (χ2n) is 7.40. The largest absolute Gasteiger partial charge is 0.361 e. The lowest BCUT2D eigenvalue weighted by molar-refractivity contribution is -0.167. The second-order valence-corrected chi connectivity index (χ2v) is 8.72. The number of rotatable bonds is 4. The first kappa shape index (κ1) is 16.7. The first-order chi connectivity index (χ1) is 12.0. The van der Waals surface area contributed by atoms with E-state index < -0.39 is 0 Å². The van der Waals surface area contributed by atoms with Gasteiger partial charge < -0.3 is 9.42 Å². The lowest BCUT2D eigenvalue weighted by Gasteiger charge is -2.53. The third-order valence-electron chi connectivity index (χ3n) is 5.47. The number of β-lactam (4-membered cyclic amide) rings is 1. The van der Waals surface area contributed by atoms with E-state index in [1.165, 1.54) is 4.88 Å². The van der Waals surface area contributed by atoms with Crippen LogP contribution in [-0.4, -0.2) is 45.5 Å². The SMILES string of the molecule is Cc1ncc(CN2CCC[C@@]3(C2)CN(Cc2c(C)noc2C)C3=O)s1. The van der Waals surface area contributed by atoms with Crippen LogP contribution in [0.5, 0.6) is 0 Å². The number of nitrogens with zero attached hydrogens (tertiary/aromatic N) is 4. The van der Waals surface area contributed by atoms with Gasteiger partial charge in [0.2, 0.25) is 5.91 Å². The molecule has 4 rings (SSSR count). The Hall–Kier alpha value is -1.73. The first-order valence-corrected chi connectivity index (χ1v) is 9.63. The van der Waals surface area contributed by atoms with Crippen LogP contribution in [0.4, 0.5) is 0 Å². The van der Waals surface area contributed by atoms with Crippen LogP contribution in [0.2, 0.25) is 0 Å². The topological polar surface area (TPSA) is 62.5 Å². The van der Waals surface area contributed by atoms with Gasteiger partial charge in [0.05, 0.1) is 22.7 Å². The number of hydrogen-bond donors (Lipinski definition) is 0. The average molecular weight is 360 g/mol. The highest BCUT2D eigenvalue weighted by atomic mass is 32.1. The van der Waals surface area contributed by atoms with Crippen molar-refractivity contribution in [3.8, 4) is 0 Å². The number of carbonyl (C=O) groups excluding carboxylic acids is 1. The summed E-state index contributed by atoms with van der Waals surface area (Å²) in [6, 6.07) is 0. The number of thiazole rings is 1. The zero-order chi connectivity index (χ0) is 17.6. The van der Waals surface area contributed by atoms with Crippen LogP contribution < -0.4 is 0 Å². The third-order valence-corrected chi connectivity index (χ3v) is 6.37. The summed E-state index contributed by atoms with van der Waals surface area (Å²) in [4.78, 5) is 22.9. The predicted octanol–water partition coefficient (Wildman–Crippen LogP) is 2.68. The van der Waals surface area contributed by atoms with E-state index in [1.807, 2.05) is 31.9 Å². The number of carbonyl (C=O) groups is 1. The smallest absolute Gasteiger partial charge is 0.232 e. The van der Waals surface area contributed by atoms with Gasteiger partial charge in [0, 0.05) is 36.3 Å². The highest BCUT2D eigenvalue weighted by Gasteiger charge is 2.53. The van der Waals surface area contributed by atoms with Crippen molar-refractivity contribution in [1.82, 2.24) is 19.9 Å². The maximum atomic E-state index is 12.9. The molecule has 2 fully saturated rings. The summed E-state index contributed by atoms with van der Waals surface area (Å²) in [5.74, 6) is 1.11. The van der Waals surface area contributed by atoms with Gasteiger partial charge in [0.1, 0.15) is 5.76 Å². The Morgan fingerprint density at radius 3 is 2.76 bits per heavy atom. The minimum Gasteiger partial charge on any atom is -0.361 e. The van der Waals surface area contributed by atoms with E-state index in [0.717, 1.165) is 61.0 Å². The van der Waals surface area contributed by atoms with E-state index in [2.05, 4.69) is 15.0 Å². The number of likely N-dealkylation sites (tertiary alicyclic amines) is 2. The normalized spacial score (nSPS) is 24.1. The molecule has 0 aromatic carbocycles. The van der Waals surface area contributed by atoms with Crippen LogP contribution >= 0.6 is 11.3 Å². The van der Waals surface area contributed by atoms with Crippen LogP contribution in [0.25, 0.3) is 0 Å². The molecule has 0 radical (unpaired) electrons. The van der Waals surface area contributed by atoms with Crippen LogP contribution in [0.3, 0.4) is 0 Å². The molecule has 7 heteroatoms. The summed E-state index contributed by atoms with van der Waals surface area (Å²) in [5, 5.41) is 5.10. The minimum absolute atomic E-state index is 0.184. The number of piperidine rings is 1. The van der Waals surface area contributed by atoms with Crippen molar-refractivity contribution >= 4 is 17.2 Å². The predicted molar refractivity (Wildman–Crippen MR) is 95.2 cm³/mol.